The molecule has 1 aromatic rings. The lowest BCUT2D eigenvalue weighted by molar-refractivity contribution is 1.15. The molecule has 0 spiro atoms. The van der Waals surface area contributed by atoms with E-state index in [0.717, 1.165) is 5.82 Å². The lowest BCUT2D eigenvalue weighted by atomic mass is 10.5. The van der Waals surface area contributed by atoms with Crippen LogP contribution in [0.3, 0.4) is 0 Å². The molecule has 0 saturated carbocycles. The molecule has 0 bridgehead atoms. The van der Waals surface area contributed by atoms with Crippen LogP contribution in [0.5, 0.6) is 0 Å². The second-order valence-electron chi connectivity index (χ2n) is 1.20. The Morgan fingerprint density at radius 1 is 2.00 bits per heavy atom. The lowest BCUT2D eigenvalue weighted by Crippen LogP contribution is -1.75. The molecule has 1 N–H and O–H groups in total. The normalized spacial score (nSPS) is 9.29. The molecule has 2 nitrogen and oxygen atoms in total. The molecule has 2 radical (unpaired) electrons. The lowest BCUT2D eigenvalue weighted by Gasteiger charge is -1.78. The number of hydrogen-bond donors (Lipinski definition) is 1. The van der Waals surface area contributed by atoms with Gasteiger partial charge in [-0.1, -0.05) is 6.92 Å². The highest BCUT2D eigenvalue weighted by molar-refractivity contribution is 4.96. The number of rotatable bonds is 1. The van der Waals surface area contributed by atoms with Gasteiger partial charge in [0.2, 0.25) is 0 Å². The topological polar surface area (TPSA) is 28.7 Å². The number of aromatic nitrogens is 2. The first-order chi connectivity index (χ1) is 3.43. The van der Waals surface area contributed by atoms with E-state index in [1.165, 1.54) is 0 Å². The summed E-state index contributed by atoms with van der Waals surface area (Å²) in [6.07, 6.45) is 6.21. The zero-order chi connectivity index (χ0) is 5.11. The van der Waals surface area contributed by atoms with E-state index in [1.807, 2.05) is 13.3 Å². The molecule has 0 aliphatic carbocycles. The summed E-state index contributed by atoms with van der Waals surface area (Å²) < 4.78 is 0. The zero-order valence-corrected chi connectivity index (χ0v) is 4.10. The summed E-state index contributed by atoms with van der Waals surface area (Å²) in [6.45, 7) is 1.92. The van der Waals surface area contributed by atoms with Gasteiger partial charge in [0, 0.05) is 6.42 Å². The fourth-order valence-electron chi connectivity index (χ4n) is 0.387. The Morgan fingerprint density at radius 3 is 3.14 bits per heavy atom. The van der Waals surface area contributed by atoms with Gasteiger partial charge in [-0.25, -0.2) is 4.98 Å². The Morgan fingerprint density at radius 2 is 2.86 bits per heavy atom. The SMILES string of the molecule is C[CH]c1nc[c][nH]1. The van der Waals surface area contributed by atoms with Gasteiger partial charge in [-0.05, 0) is 0 Å². The number of H-pyrrole nitrogens is 1. The van der Waals surface area contributed by atoms with Crippen molar-refractivity contribution in [3.8, 4) is 0 Å². The minimum Gasteiger partial charge on any atom is -0.341 e. The summed E-state index contributed by atoms with van der Waals surface area (Å²) in [4.78, 5) is 6.66. The summed E-state index contributed by atoms with van der Waals surface area (Å²) in [7, 11) is 0. The fourth-order valence-corrected chi connectivity index (χ4v) is 0.387. The molecule has 1 aromatic heterocycles. The number of nitrogens with zero attached hydrogens (tertiary/aromatic N) is 1. The van der Waals surface area contributed by atoms with E-state index in [-0.39, 0.29) is 0 Å². The van der Waals surface area contributed by atoms with E-state index in [2.05, 4.69) is 16.2 Å². The zero-order valence-electron chi connectivity index (χ0n) is 4.10. The minimum atomic E-state index is 0.875. The van der Waals surface area contributed by atoms with Crippen LogP contribution in [0.15, 0.2) is 6.20 Å². The van der Waals surface area contributed by atoms with Gasteiger partial charge in [0.25, 0.3) is 0 Å². The summed E-state index contributed by atoms with van der Waals surface area (Å²) >= 11 is 0. The average Bonchev–Trinajstić information content (AvgIpc) is 2.14. The maximum Gasteiger partial charge on any atom is 0.110 e. The van der Waals surface area contributed by atoms with Crippen molar-refractivity contribution in [2.75, 3.05) is 0 Å². The van der Waals surface area contributed by atoms with Crippen molar-refractivity contribution < 1.29 is 0 Å². The Labute approximate surface area is 42.6 Å². The van der Waals surface area contributed by atoms with Crippen molar-refractivity contribution in [2.45, 2.75) is 6.92 Å². The first-order valence-electron chi connectivity index (χ1n) is 2.14. The molecule has 1 rings (SSSR count). The molecule has 2 heteroatoms. The predicted octanol–water partition coefficient (Wildman–Crippen LogP) is 0.782. The van der Waals surface area contributed by atoms with Crippen LogP contribution in [0.2, 0.25) is 0 Å². The number of hydrogen-bond acceptors (Lipinski definition) is 1. The molecular formula is C5H6N2. The highest BCUT2D eigenvalue weighted by atomic mass is 14.9. The summed E-state index contributed by atoms with van der Waals surface area (Å²) in [5, 5.41) is 0. The van der Waals surface area contributed by atoms with Crippen LogP contribution in [0.25, 0.3) is 0 Å². The maximum absolute atomic E-state index is 3.87. The van der Waals surface area contributed by atoms with Crippen molar-refractivity contribution in [3.05, 3.63) is 24.6 Å². The minimum absolute atomic E-state index is 0.875. The summed E-state index contributed by atoms with van der Waals surface area (Å²) in [6, 6.07) is 0. The fraction of sp³-hybridized carbons (Fsp3) is 0.200. The molecule has 7 heavy (non-hydrogen) atoms. The average molecular weight is 94.1 g/mol. The van der Waals surface area contributed by atoms with E-state index in [9.17, 15) is 0 Å². The molecule has 0 saturated heterocycles. The molecule has 0 aromatic carbocycles. The number of nitrogens with one attached hydrogen (secondary N) is 1. The molecule has 0 aliphatic heterocycles. The van der Waals surface area contributed by atoms with Crippen molar-refractivity contribution in [1.29, 1.82) is 0 Å². The van der Waals surface area contributed by atoms with Gasteiger partial charge >= 0.3 is 0 Å². The van der Waals surface area contributed by atoms with Gasteiger partial charge in [0.15, 0.2) is 0 Å². The second-order valence-corrected chi connectivity index (χ2v) is 1.20. The summed E-state index contributed by atoms with van der Waals surface area (Å²) in [5.74, 6) is 0.875. The van der Waals surface area contributed by atoms with Gasteiger partial charge in [0.1, 0.15) is 5.82 Å². The summed E-state index contributed by atoms with van der Waals surface area (Å²) in [5.41, 5.74) is 0. The van der Waals surface area contributed by atoms with Crippen LogP contribution >= 0.6 is 0 Å². The smallest absolute Gasteiger partial charge is 0.110 e. The molecule has 0 atom stereocenters. The Kier molecular flexibility index (Phi) is 1.11. The van der Waals surface area contributed by atoms with Gasteiger partial charge in [-0.2, -0.15) is 0 Å². The Hall–Kier alpha value is -0.790. The predicted molar refractivity (Wildman–Crippen MR) is 26.5 cm³/mol. The van der Waals surface area contributed by atoms with E-state index < -0.39 is 0 Å². The standard InChI is InChI=1S/C5H6N2/c1-2-5-6-3-4-7-5/h2-3H,1H3,(H,6,7). The number of imidazole rings is 1. The van der Waals surface area contributed by atoms with Crippen molar-refractivity contribution in [1.82, 2.24) is 9.97 Å². The molecule has 36 valence electrons. The van der Waals surface area contributed by atoms with Gasteiger partial charge < -0.3 is 4.98 Å². The van der Waals surface area contributed by atoms with Crippen molar-refractivity contribution in [2.24, 2.45) is 0 Å². The van der Waals surface area contributed by atoms with Gasteiger partial charge in [-0.15, -0.1) is 0 Å². The van der Waals surface area contributed by atoms with E-state index in [1.54, 1.807) is 6.20 Å². The Balaban J connectivity index is 2.76. The molecular weight excluding hydrogens is 88.1 g/mol. The third kappa shape index (κ3) is 0.796. The van der Waals surface area contributed by atoms with Crippen LogP contribution in [0.4, 0.5) is 0 Å². The van der Waals surface area contributed by atoms with Gasteiger partial charge in [0.05, 0.1) is 12.4 Å². The Bertz CT molecular complexity index is 121. The third-order valence-corrected chi connectivity index (χ3v) is 0.742. The molecule has 1 heterocycles. The van der Waals surface area contributed by atoms with E-state index >= 15 is 0 Å². The largest absolute Gasteiger partial charge is 0.341 e. The third-order valence-electron chi connectivity index (χ3n) is 0.742. The van der Waals surface area contributed by atoms with Crippen molar-refractivity contribution >= 4 is 0 Å². The monoisotopic (exact) mass is 94.1 g/mol. The van der Waals surface area contributed by atoms with Gasteiger partial charge in [-0.3, -0.25) is 0 Å². The highest BCUT2D eigenvalue weighted by Gasteiger charge is 1.84. The quantitative estimate of drug-likeness (QED) is 0.547. The molecule has 0 unspecified atom stereocenters. The molecule has 0 fully saturated rings. The highest BCUT2D eigenvalue weighted by Crippen LogP contribution is 1.87. The first kappa shape index (κ1) is 4.37. The van der Waals surface area contributed by atoms with Crippen LogP contribution in [0, 0.1) is 12.6 Å². The van der Waals surface area contributed by atoms with Crippen LogP contribution in [-0.4, -0.2) is 9.97 Å². The van der Waals surface area contributed by atoms with Crippen LogP contribution in [0.1, 0.15) is 12.7 Å². The number of aromatic amines is 1. The van der Waals surface area contributed by atoms with Crippen LogP contribution in [-0.2, 0) is 0 Å². The van der Waals surface area contributed by atoms with E-state index in [0.29, 0.717) is 0 Å². The van der Waals surface area contributed by atoms with Crippen molar-refractivity contribution in [3.63, 3.8) is 0 Å². The van der Waals surface area contributed by atoms with Crippen LogP contribution < -0.4 is 0 Å². The van der Waals surface area contributed by atoms with E-state index in [4.69, 9.17) is 0 Å². The molecule has 0 aliphatic rings. The first-order valence-corrected chi connectivity index (χ1v) is 2.14. The maximum atomic E-state index is 3.87. The second kappa shape index (κ2) is 1.78. The molecule has 0 amide bonds.